The molecule has 6 aliphatic rings. The molecule has 0 atom stereocenters. The van der Waals surface area contributed by atoms with Gasteiger partial charge in [0, 0.05) is 23.7 Å². The summed E-state index contributed by atoms with van der Waals surface area (Å²) in [5.74, 6) is 1.13. The summed E-state index contributed by atoms with van der Waals surface area (Å²) >= 11 is 0. The zero-order valence-electron chi connectivity index (χ0n) is 30.4. The van der Waals surface area contributed by atoms with Crippen molar-refractivity contribution in [3.05, 3.63) is 196 Å². The molecular formula is C50H42. The van der Waals surface area contributed by atoms with Crippen molar-refractivity contribution in [2.75, 3.05) is 0 Å². The van der Waals surface area contributed by atoms with Crippen LogP contribution in [0.3, 0.4) is 0 Å². The molecule has 0 fully saturated rings. The van der Waals surface area contributed by atoms with Gasteiger partial charge in [-0.3, -0.25) is 0 Å². The molecule has 0 aromatic heterocycles. The first-order valence-electron chi connectivity index (χ1n) is 18.6. The van der Waals surface area contributed by atoms with Gasteiger partial charge in [-0.25, -0.2) is 0 Å². The third kappa shape index (κ3) is 3.34. The molecule has 0 spiro atoms. The number of hydrogen-bond donors (Lipinski definition) is 0. The number of rotatable bonds is 0. The molecule has 0 amide bonds. The van der Waals surface area contributed by atoms with Crippen molar-refractivity contribution in [1.82, 2.24) is 0 Å². The summed E-state index contributed by atoms with van der Waals surface area (Å²) < 4.78 is 0. The number of aryl methyl sites for hydroxylation is 8. The second kappa shape index (κ2) is 9.43. The number of hydrogen-bond acceptors (Lipinski definition) is 0. The molecule has 0 unspecified atom stereocenters. The van der Waals surface area contributed by atoms with Crippen LogP contribution in [0.5, 0.6) is 0 Å². The highest BCUT2D eigenvalue weighted by molar-refractivity contribution is 6.01. The van der Waals surface area contributed by atoms with E-state index in [1.807, 2.05) is 0 Å². The van der Waals surface area contributed by atoms with Crippen molar-refractivity contribution in [3.8, 4) is 0 Å². The molecule has 0 nitrogen and oxygen atoms in total. The van der Waals surface area contributed by atoms with Gasteiger partial charge in [-0.2, -0.15) is 0 Å². The fourth-order valence-corrected chi connectivity index (χ4v) is 11.5. The highest BCUT2D eigenvalue weighted by atomic mass is 14.5. The Bertz CT molecular complexity index is 2260. The van der Waals surface area contributed by atoms with Crippen LogP contribution in [0.1, 0.15) is 135 Å². The van der Waals surface area contributed by atoms with Crippen LogP contribution in [-0.4, -0.2) is 0 Å². The van der Waals surface area contributed by atoms with Crippen LogP contribution in [-0.2, 0) is 0 Å². The fourth-order valence-electron chi connectivity index (χ4n) is 11.5. The zero-order chi connectivity index (χ0) is 34.1. The molecule has 50 heavy (non-hydrogen) atoms. The van der Waals surface area contributed by atoms with Crippen LogP contribution in [0.2, 0.25) is 0 Å². The molecule has 0 radical (unpaired) electrons. The summed E-state index contributed by atoms with van der Waals surface area (Å²) in [5, 5.41) is 5.46. The molecule has 0 aliphatic heterocycles. The lowest BCUT2D eigenvalue weighted by atomic mass is 9.57. The van der Waals surface area contributed by atoms with Gasteiger partial charge in [0.05, 0.1) is 0 Å². The first kappa shape index (κ1) is 28.9. The van der Waals surface area contributed by atoms with Crippen LogP contribution >= 0.6 is 0 Å². The summed E-state index contributed by atoms with van der Waals surface area (Å²) in [4.78, 5) is 0. The van der Waals surface area contributed by atoms with E-state index in [1.165, 1.54) is 88.3 Å². The summed E-state index contributed by atoms with van der Waals surface area (Å²) in [7, 11) is 0. The smallest absolute Gasteiger partial charge is 0.0354 e. The minimum atomic E-state index is 0.282. The Morgan fingerprint density at radius 2 is 0.400 bits per heavy atom. The van der Waals surface area contributed by atoms with Gasteiger partial charge in [0.25, 0.3) is 0 Å². The fraction of sp³-hybridized carbons (Fsp3) is 0.240. The highest BCUT2D eigenvalue weighted by Crippen LogP contribution is 2.61. The van der Waals surface area contributed by atoms with Crippen LogP contribution in [0.15, 0.2) is 84.9 Å². The van der Waals surface area contributed by atoms with Gasteiger partial charge >= 0.3 is 0 Å². The number of benzene rings is 7. The van der Waals surface area contributed by atoms with Crippen molar-refractivity contribution in [2.45, 2.75) is 79.1 Å². The van der Waals surface area contributed by atoms with Crippen LogP contribution in [0.4, 0.5) is 0 Å². The van der Waals surface area contributed by atoms with E-state index >= 15 is 0 Å². The third-order valence-electron chi connectivity index (χ3n) is 13.6. The van der Waals surface area contributed by atoms with E-state index in [9.17, 15) is 0 Å². The SMILES string of the molecule is Cc1ccc(C)c2c1C1c3cc4cc5cc6c(cc5cc4cc3C2c2c(C)ccc(C)c21)C1c2c(C)ccc(C)c2C6c2c(C)ccc(C)c21. The van der Waals surface area contributed by atoms with Gasteiger partial charge in [-0.05, 0) is 225 Å². The maximum absolute atomic E-state index is 2.58. The summed E-state index contributed by atoms with van der Waals surface area (Å²) in [6, 6.07) is 34.2. The molecule has 6 aliphatic carbocycles. The molecule has 13 rings (SSSR count). The summed E-state index contributed by atoms with van der Waals surface area (Å²) in [6.07, 6.45) is 0. The van der Waals surface area contributed by atoms with Crippen molar-refractivity contribution in [3.63, 3.8) is 0 Å². The van der Waals surface area contributed by atoms with Crippen molar-refractivity contribution in [1.29, 1.82) is 0 Å². The maximum atomic E-state index is 2.58. The quantitative estimate of drug-likeness (QED) is 0.144. The molecule has 0 heteroatoms. The standard InChI is InChI=1S/C50H42/c1-23-9-10-24(2)40-39(23)47-35-19-31-17-33-21-37-38(22-34(33)18-32(31)20-36(35)48(40)42-26(4)12-11-25(3)41(42)47)50-45-29(7)15-13-27(5)43(45)49(37)44-28(6)14-16-30(8)46(44)50/h9-22,47-50H,1-8H3. The van der Waals surface area contributed by atoms with E-state index in [4.69, 9.17) is 0 Å². The average molecular weight is 643 g/mol. The molecule has 7 aromatic rings. The van der Waals surface area contributed by atoms with E-state index in [-0.39, 0.29) is 23.7 Å². The van der Waals surface area contributed by atoms with Gasteiger partial charge in [0.1, 0.15) is 0 Å². The van der Waals surface area contributed by atoms with Crippen LogP contribution in [0, 0.1) is 55.4 Å². The van der Waals surface area contributed by atoms with E-state index in [1.54, 1.807) is 44.5 Å². The molecule has 0 saturated heterocycles. The van der Waals surface area contributed by atoms with Crippen LogP contribution < -0.4 is 0 Å². The van der Waals surface area contributed by atoms with Crippen molar-refractivity contribution >= 4 is 21.5 Å². The second-order valence-electron chi connectivity index (χ2n) is 16.3. The minimum absolute atomic E-state index is 0.282. The predicted molar refractivity (Wildman–Crippen MR) is 209 cm³/mol. The average Bonchev–Trinajstić information content (AvgIpc) is 3.11. The van der Waals surface area contributed by atoms with Crippen LogP contribution in [0.25, 0.3) is 21.5 Å². The molecule has 0 heterocycles. The maximum Gasteiger partial charge on any atom is 0.0354 e. The zero-order valence-corrected chi connectivity index (χ0v) is 30.4. The Kier molecular flexibility index (Phi) is 5.44. The van der Waals surface area contributed by atoms with E-state index < -0.39 is 0 Å². The van der Waals surface area contributed by atoms with Crippen molar-refractivity contribution < 1.29 is 0 Å². The number of fused-ring (bicyclic) bond motifs is 2. The van der Waals surface area contributed by atoms with Gasteiger partial charge in [-0.1, -0.05) is 48.5 Å². The Hall–Kier alpha value is -4.94. The molecule has 242 valence electrons. The predicted octanol–water partition coefficient (Wildman–Crippen LogP) is 12.4. The first-order chi connectivity index (χ1) is 24.1. The normalized spacial score (nSPS) is 20.0. The highest BCUT2D eigenvalue weighted by Gasteiger charge is 2.46. The Balaban J connectivity index is 1.18. The molecule has 0 saturated carbocycles. The molecule has 4 bridgehead atoms. The summed E-state index contributed by atoms with van der Waals surface area (Å²) in [5.41, 5.74) is 29.9. The Morgan fingerprint density at radius 1 is 0.240 bits per heavy atom. The summed E-state index contributed by atoms with van der Waals surface area (Å²) in [6.45, 7) is 18.6. The lowest BCUT2D eigenvalue weighted by molar-refractivity contribution is 0.733. The van der Waals surface area contributed by atoms with E-state index in [0.29, 0.717) is 0 Å². The molecular weight excluding hydrogens is 601 g/mol. The third-order valence-corrected chi connectivity index (χ3v) is 13.6. The Morgan fingerprint density at radius 3 is 0.560 bits per heavy atom. The van der Waals surface area contributed by atoms with Gasteiger partial charge < -0.3 is 0 Å². The Labute approximate surface area is 295 Å². The van der Waals surface area contributed by atoms with Gasteiger partial charge in [0.2, 0.25) is 0 Å². The first-order valence-corrected chi connectivity index (χ1v) is 18.6. The van der Waals surface area contributed by atoms with Gasteiger partial charge in [-0.15, -0.1) is 0 Å². The van der Waals surface area contributed by atoms with Gasteiger partial charge in [0.15, 0.2) is 0 Å². The largest absolute Gasteiger partial charge is 0.0587 e. The lowest BCUT2D eigenvalue weighted by Crippen LogP contribution is -2.31. The monoisotopic (exact) mass is 642 g/mol. The van der Waals surface area contributed by atoms with Crippen molar-refractivity contribution in [2.24, 2.45) is 0 Å². The van der Waals surface area contributed by atoms with E-state index in [2.05, 4.69) is 140 Å². The van der Waals surface area contributed by atoms with E-state index in [0.717, 1.165) is 0 Å². The topological polar surface area (TPSA) is 0 Å². The lowest BCUT2D eigenvalue weighted by Gasteiger charge is -2.46. The molecule has 7 aromatic carbocycles. The molecule has 0 N–H and O–H groups in total. The minimum Gasteiger partial charge on any atom is -0.0587 e. The second-order valence-corrected chi connectivity index (χ2v) is 16.3.